The van der Waals surface area contributed by atoms with E-state index in [4.69, 9.17) is 0 Å². The molecule has 0 spiro atoms. The first kappa shape index (κ1) is 17.8. The number of hydrazine groups is 1. The van der Waals surface area contributed by atoms with E-state index in [0.717, 1.165) is 22.6 Å². The molecule has 0 unspecified atom stereocenters. The molecule has 1 saturated heterocycles. The van der Waals surface area contributed by atoms with Crippen molar-refractivity contribution in [2.24, 2.45) is 0 Å². The number of carbonyl (C=O) groups excluding carboxylic acids is 2. The molecule has 0 saturated carbocycles. The van der Waals surface area contributed by atoms with Crippen LogP contribution in [0.25, 0.3) is 11.8 Å². The molecule has 140 valence electrons. The van der Waals surface area contributed by atoms with Crippen molar-refractivity contribution < 1.29 is 9.59 Å². The molecule has 1 N–H and O–H groups in total. The Morgan fingerprint density at radius 1 is 0.857 bits per heavy atom. The summed E-state index contributed by atoms with van der Waals surface area (Å²) in [5.74, 6) is -0.745. The minimum Gasteiger partial charge on any atom is -0.318 e. The number of para-hydroxylation sites is 1. The van der Waals surface area contributed by atoms with Crippen molar-refractivity contribution >= 4 is 23.6 Å². The summed E-state index contributed by atoms with van der Waals surface area (Å²) in [6, 6.07) is 19.3. The van der Waals surface area contributed by atoms with Crippen molar-refractivity contribution in [1.82, 2.24) is 9.99 Å². The van der Waals surface area contributed by atoms with Crippen LogP contribution in [0.2, 0.25) is 0 Å². The first-order valence-electron chi connectivity index (χ1n) is 9.14. The fourth-order valence-corrected chi connectivity index (χ4v) is 3.50. The number of nitrogens with zero attached hydrogens (tertiary/aromatic N) is 2. The number of nitrogens with one attached hydrogen (secondary N) is 1. The number of hydrogen-bond donors (Lipinski definition) is 1. The van der Waals surface area contributed by atoms with Gasteiger partial charge in [0.25, 0.3) is 11.8 Å². The number of aromatic nitrogens is 1. The van der Waals surface area contributed by atoms with E-state index in [1.165, 1.54) is 10.6 Å². The SMILES string of the molecule is Cc1ccc(-n2c(C)cc(/C=C3/C(=O)NN(c4ccccc4)C3=O)c2C)cc1. The van der Waals surface area contributed by atoms with E-state index >= 15 is 0 Å². The molecule has 1 aliphatic rings. The van der Waals surface area contributed by atoms with Gasteiger partial charge in [-0.25, -0.2) is 5.01 Å². The highest BCUT2D eigenvalue weighted by atomic mass is 16.2. The van der Waals surface area contributed by atoms with Crippen molar-refractivity contribution in [3.63, 3.8) is 0 Å². The molecule has 2 heterocycles. The highest BCUT2D eigenvalue weighted by Crippen LogP contribution is 2.26. The molecule has 1 fully saturated rings. The zero-order valence-electron chi connectivity index (χ0n) is 16.1. The summed E-state index contributed by atoms with van der Waals surface area (Å²) in [5, 5.41) is 1.29. The number of anilines is 1. The van der Waals surface area contributed by atoms with E-state index in [-0.39, 0.29) is 11.5 Å². The first-order valence-corrected chi connectivity index (χ1v) is 9.14. The van der Waals surface area contributed by atoms with Gasteiger partial charge in [-0.1, -0.05) is 35.9 Å². The van der Waals surface area contributed by atoms with E-state index in [0.29, 0.717) is 5.69 Å². The Morgan fingerprint density at radius 3 is 2.21 bits per heavy atom. The monoisotopic (exact) mass is 371 g/mol. The second-order valence-corrected chi connectivity index (χ2v) is 6.97. The van der Waals surface area contributed by atoms with Gasteiger partial charge >= 0.3 is 0 Å². The minimum atomic E-state index is -0.394. The predicted octanol–water partition coefficient (Wildman–Crippen LogP) is 3.86. The van der Waals surface area contributed by atoms with E-state index < -0.39 is 5.91 Å². The normalized spacial score (nSPS) is 15.4. The van der Waals surface area contributed by atoms with Gasteiger partial charge in [-0.2, -0.15) is 0 Å². The topological polar surface area (TPSA) is 54.3 Å². The number of hydrogen-bond acceptors (Lipinski definition) is 2. The lowest BCUT2D eigenvalue weighted by atomic mass is 10.1. The minimum absolute atomic E-state index is 0.132. The van der Waals surface area contributed by atoms with Crippen LogP contribution in [0, 0.1) is 20.8 Å². The van der Waals surface area contributed by atoms with Gasteiger partial charge in [0.1, 0.15) is 5.57 Å². The molecule has 28 heavy (non-hydrogen) atoms. The molecule has 5 heteroatoms. The van der Waals surface area contributed by atoms with Crippen LogP contribution in [0.1, 0.15) is 22.5 Å². The molecule has 0 radical (unpaired) electrons. The summed E-state index contributed by atoms with van der Waals surface area (Å²) in [6.07, 6.45) is 1.67. The summed E-state index contributed by atoms with van der Waals surface area (Å²) in [7, 11) is 0. The van der Waals surface area contributed by atoms with Crippen LogP contribution in [0.4, 0.5) is 5.69 Å². The summed E-state index contributed by atoms with van der Waals surface area (Å²) >= 11 is 0. The molecule has 4 rings (SSSR count). The van der Waals surface area contributed by atoms with Crippen LogP contribution < -0.4 is 10.4 Å². The van der Waals surface area contributed by atoms with Crippen molar-refractivity contribution in [3.8, 4) is 5.69 Å². The smallest absolute Gasteiger partial charge is 0.282 e. The van der Waals surface area contributed by atoms with Crippen molar-refractivity contribution in [3.05, 3.63) is 88.8 Å². The van der Waals surface area contributed by atoms with Crippen LogP contribution in [0.5, 0.6) is 0 Å². The summed E-state index contributed by atoms with van der Waals surface area (Å²) < 4.78 is 2.12. The maximum absolute atomic E-state index is 12.8. The molecule has 0 aliphatic carbocycles. The molecular formula is C23H21N3O2. The average molecular weight is 371 g/mol. The number of aryl methyl sites for hydroxylation is 2. The number of benzene rings is 2. The second kappa shape index (κ2) is 6.85. The van der Waals surface area contributed by atoms with Gasteiger partial charge < -0.3 is 4.57 Å². The van der Waals surface area contributed by atoms with Crippen LogP contribution in [0.3, 0.4) is 0 Å². The lowest BCUT2D eigenvalue weighted by Crippen LogP contribution is -2.35. The Morgan fingerprint density at radius 2 is 1.54 bits per heavy atom. The maximum atomic E-state index is 12.8. The summed E-state index contributed by atoms with van der Waals surface area (Å²) in [6.45, 7) is 6.06. The van der Waals surface area contributed by atoms with Gasteiger partial charge in [0.2, 0.25) is 0 Å². The quantitative estimate of drug-likeness (QED) is 0.561. The van der Waals surface area contributed by atoms with Crippen LogP contribution in [-0.2, 0) is 9.59 Å². The molecule has 5 nitrogen and oxygen atoms in total. The first-order chi connectivity index (χ1) is 13.5. The molecular weight excluding hydrogens is 350 g/mol. The Hall–Kier alpha value is -3.60. The standard InChI is InChI=1S/C23H21N3O2/c1-15-9-11-19(12-10-15)25-16(2)13-18(17(25)3)14-21-22(27)24-26(23(21)28)20-7-5-4-6-8-20/h4-14H,1-3H3,(H,24,27)/b21-14-. The van der Waals surface area contributed by atoms with Gasteiger partial charge in [0.05, 0.1) is 5.69 Å². The van der Waals surface area contributed by atoms with Gasteiger partial charge in [-0.15, -0.1) is 0 Å². The second-order valence-electron chi connectivity index (χ2n) is 6.97. The van der Waals surface area contributed by atoms with E-state index in [2.05, 4.69) is 41.2 Å². The molecule has 2 amide bonds. The van der Waals surface area contributed by atoms with Crippen molar-refractivity contribution in [2.75, 3.05) is 5.01 Å². The van der Waals surface area contributed by atoms with Gasteiger partial charge in [0.15, 0.2) is 0 Å². The number of amides is 2. The third-order valence-corrected chi connectivity index (χ3v) is 4.97. The van der Waals surface area contributed by atoms with Crippen molar-refractivity contribution in [2.45, 2.75) is 20.8 Å². The summed E-state index contributed by atoms with van der Waals surface area (Å²) in [4.78, 5) is 25.2. The van der Waals surface area contributed by atoms with Crippen LogP contribution in [0.15, 0.2) is 66.2 Å². The van der Waals surface area contributed by atoms with Gasteiger partial charge in [0, 0.05) is 17.1 Å². The van der Waals surface area contributed by atoms with Crippen molar-refractivity contribution in [1.29, 1.82) is 0 Å². The lowest BCUT2D eigenvalue weighted by molar-refractivity contribution is -0.117. The molecule has 1 aromatic heterocycles. The molecule has 1 aliphatic heterocycles. The van der Waals surface area contributed by atoms with Gasteiger partial charge in [-0.3, -0.25) is 15.0 Å². The fraction of sp³-hybridized carbons (Fsp3) is 0.130. The third kappa shape index (κ3) is 3.01. The Balaban J connectivity index is 1.71. The fourth-order valence-electron chi connectivity index (χ4n) is 3.50. The number of carbonyl (C=O) groups is 2. The Bertz CT molecular complexity index is 1090. The molecule has 0 atom stereocenters. The Labute approximate surface area is 163 Å². The predicted molar refractivity (Wildman–Crippen MR) is 110 cm³/mol. The molecule has 3 aromatic rings. The Kier molecular flexibility index (Phi) is 4.35. The number of rotatable bonds is 3. The van der Waals surface area contributed by atoms with E-state index in [9.17, 15) is 9.59 Å². The highest BCUT2D eigenvalue weighted by molar-refractivity contribution is 6.31. The molecule has 0 bridgehead atoms. The van der Waals surface area contributed by atoms with Crippen LogP contribution >= 0.6 is 0 Å². The largest absolute Gasteiger partial charge is 0.318 e. The maximum Gasteiger partial charge on any atom is 0.282 e. The molecule has 2 aromatic carbocycles. The lowest BCUT2D eigenvalue weighted by Gasteiger charge is -2.13. The van der Waals surface area contributed by atoms with Gasteiger partial charge in [-0.05, 0) is 62.7 Å². The van der Waals surface area contributed by atoms with E-state index in [1.807, 2.05) is 38.1 Å². The summed E-state index contributed by atoms with van der Waals surface area (Å²) in [5.41, 5.74) is 8.53. The van der Waals surface area contributed by atoms with E-state index in [1.54, 1.807) is 18.2 Å². The third-order valence-electron chi connectivity index (χ3n) is 4.97. The van der Waals surface area contributed by atoms with Crippen LogP contribution in [-0.4, -0.2) is 16.4 Å². The average Bonchev–Trinajstić information content (AvgIpc) is 3.13. The zero-order chi connectivity index (χ0) is 19.8. The zero-order valence-corrected chi connectivity index (χ0v) is 16.1. The highest BCUT2D eigenvalue weighted by Gasteiger charge is 2.34.